The Kier molecular flexibility index (Phi) is 5.31. The summed E-state index contributed by atoms with van der Waals surface area (Å²) in [6.07, 6.45) is 1.31. The number of carbonyl (C=O) groups excluding carboxylic acids is 2. The molecule has 114 valence electrons. The standard InChI is InChI=1S/C18H19NO3/c1-3-13-4-6-14(7-5-13)12-17(20)19-16-10-8-15(9-11-16)18(21)22-2/h4-11H,3,12H2,1-2H3,(H,19,20). The molecule has 0 saturated carbocycles. The van der Waals surface area contributed by atoms with Gasteiger partial charge in [-0.05, 0) is 41.8 Å². The molecule has 0 radical (unpaired) electrons. The van der Waals surface area contributed by atoms with Gasteiger partial charge >= 0.3 is 5.97 Å². The number of esters is 1. The van der Waals surface area contributed by atoms with Gasteiger partial charge in [0, 0.05) is 5.69 Å². The number of ether oxygens (including phenoxy) is 1. The second kappa shape index (κ2) is 7.41. The quantitative estimate of drug-likeness (QED) is 0.862. The Balaban J connectivity index is 1.94. The second-order valence-electron chi connectivity index (χ2n) is 4.96. The van der Waals surface area contributed by atoms with Gasteiger partial charge in [-0.1, -0.05) is 31.2 Å². The smallest absolute Gasteiger partial charge is 0.337 e. The minimum absolute atomic E-state index is 0.0879. The van der Waals surface area contributed by atoms with Crippen molar-refractivity contribution in [3.05, 3.63) is 65.2 Å². The van der Waals surface area contributed by atoms with Crippen LogP contribution in [0.4, 0.5) is 5.69 Å². The molecule has 22 heavy (non-hydrogen) atoms. The number of hydrogen-bond donors (Lipinski definition) is 1. The van der Waals surface area contributed by atoms with Crippen LogP contribution < -0.4 is 5.32 Å². The van der Waals surface area contributed by atoms with Crippen molar-refractivity contribution < 1.29 is 14.3 Å². The Hall–Kier alpha value is -2.62. The van der Waals surface area contributed by atoms with Crippen LogP contribution in [0.2, 0.25) is 0 Å². The van der Waals surface area contributed by atoms with Crippen LogP contribution in [0, 0.1) is 0 Å². The van der Waals surface area contributed by atoms with Crippen LogP contribution in [0.15, 0.2) is 48.5 Å². The predicted molar refractivity (Wildman–Crippen MR) is 85.9 cm³/mol. The molecule has 2 aromatic rings. The summed E-state index contributed by atoms with van der Waals surface area (Å²) in [5.41, 5.74) is 3.34. The van der Waals surface area contributed by atoms with Gasteiger partial charge in [0.05, 0.1) is 19.1 Å². The highest BCUT2D eigenvalue weighted by Crippen LogP contribution is 2.12. The van der Waals surface area contributed by atoms with Crippen molar-refractivity contribution in [3.63, 3.8) is 0 Å². The molecule has 2 rings (SSSR count). The molecule has 4 nitrogen and oxygen atoms in total. The van der Waals surface area contributed by atoms with E-state index in [0.29, 0.717) is 17.7 Å². The Morgan fingerprint density at radius 2 is 1.55 bits per heavy atom. The van der Waals surface area contributed by atoms with E-state index in [1.54, 1.807) is 24.3 Å². The molecule has 4 heteroatoms. The van der Waals surface area contributed by atoms with Crippen LogP contribution in [0.5, 0.6) is 0 Å². The van der Waals surface area contributed by atoms with Crippen LogP contribution in [0.1, 0.15) is 28.4 Å². The maximum atomic E-state index is 12.0. The maximum Gasteiger partial charge on any atom is 0.337 e. The molecule has 0 spiro atoms. The molecule has 0 aromatic heterocycles. The van der Waals surface area contributed by atoms with Crippen molar-refractivity contribution in [3.8, 4) is 0 Å². The van der Waals surface area contributed by atoms with Gasteiger partial charge in [-0.15, -0.1) is 0 Å². The summed E-state index contributed by atoms with van der Waals surface area (Å²) in [4.78, 5) is 23.3. The van der Waals surface area contributed by atoms with Gasteiger partial charge in [0.15, 0.2) is 0 Å². The van der Waals surface area contributed by atoms with Gasteiger partial charge in [0.1, 0.15) is 0 Å². The highest BCUT2D eigenvalue weighted by Gasteiger charge is 2.07. The fourth-order valence-corrected chi connectivity index (χ4v) is 2.09. The number of anilines is 1. The number of methoxy groups -OCH3 is 1. The summed E-state index contributed by atoms with van der Waals surface area (Å²) >= 11 is 0. The summed E-state index contributed by atoms with van der Waals surface area (Å²) in [6, 6.07) is 14.6. The number of nitrogens with one attached hydrogen (secondary N) is 1. The lowest BCUT2D eigenvalue weighted by Gasteiger charge is -2.07. The first-order chi connectivity index (χ1) is 10.6. The van der Waals surface area contributed by atoms with Crippen LogP contribution >= 0.6 is 0 Å². The summed E-state index contributed by atoms with van der Waals surface area (Å²) in [7, 11) is 1.34. The molecule has 0 saturated heterocycles. The fourth-order valence-electron chi connectivity index (χ4n) is 2.09. The predicted octanol–water partition coefficient (Wildman–Crippen LogP) is 3.22. The van der Waals surface area contributed by atoms with Crippen LogP contribution in [-0.2, 0) is 22.4 Å². The largest absolute Gasteiger partial charge is 0.465 e. The summed E-state index contributed by atoms with van der Waals surface area (Å²) in [5, 5.41) is 2.81. The normalized spacial score (nSPS) is 10.1. The Bertz CT molecular complexity index is 645. The van der Waals surface area contributed by atoms with E-state index in [9.17, 15) is 9.59 Å². The van der Waals surface area contributed by atoms with Crippen LogP contribution in [0.3, 0.4) is 0 Å². The van der Waals surface area contributed by atoms with Gasteiger partial charge in [-0.3, -0.25) is 4.79 Å². The number of carbonyl (C=O) groups is 2. The van der Waals surface area contributed by atoms with Crippen molar-refractivity contribution in [1.29, 1.82) is 0 Å². The van der Waals surface area contributed by atoms with E-state index in [1.165, 1.54) is 12.7 Å². The third kappa shape index (κ3) is 4.19. The molecular formula is C18H19NO3. The van der Waals surface area contributed by atoms with Crippen molar-refractivity contribution in [2.45, 2.75) is 19.8 Å². The first-order valence-electron chi connectivity index (χ1n) is 7.18. The van der Waals surface area contributed by atoms with Gasteiger partial charge in [-0.25, -0.2) is 4.79 Å². The number of hydrogen-bond acceptors (Lipinski definition) is 3. The summed E-state index contributed by atoms with van der Waals surface area (Å²) < 4.78 is 4.63. The first-order valence-corrected chi connectivity index (χ1v) is 7.18. The monoisotopic (exact) mass is 297 g/mol. The van der Waals surface area contributed by atoms with E-state index in [2.05, 4.69) is 17.0 Å². The first kappa shape index (κ1) is 15.8. The average Bonchev–Trinajstić information content (AvgIpc) is 2.55. The molecule has 0 bridgehead atoms. The maximum absolute atomic E-state index is 12.0. The highest BCUT2D eigenvalue weighted by molar-refractivity contribution is 5.93. The molecule has 0 heterocycles. The van der Waals surface area contributed by atoms with E-state index in [0.717, 1.165) is 12.0 Å². The summed E-state index contributed by atoms with van der Waals surface area (Å²) in [6.45, 7) is 2.10. The van der Waals surface area contributed by atoms with Crippen molar-refractivity contribution in [1.82, 2.24) is 0 Å². The van der Waals surface area contributed by atoms with E-state index < -0.39 is 5.97 Å². The molecular weight excluding hydrogens is 278 g/mol. The Morgan fingerprint density at radius 3 is 2.09 bits per heavy atom. The minimum Gasteiger partial charge on any atom is -0.465 e. The molecule has 0 atom stereocenters. The number of aryl methyl sites for hydroxylation is 1. The number of rotatable bonds is 5. The summed E-state index contributed by atoms with van der Waals surface area (Å²) in [5.74, 6) is -0.482. The lowest BCUT2D eigenvalue weighted by Crippen LogP contribution is -2.14. The van der Waals surface area contributed by atoms with Crippen molar-refractivity contribution >= 4 is 17.6 Å². The van der Waals surface area contributed by atoms with E-state index in [-0.39, 0.29) is 5.91 Å². The molecule has 0 unspecified atom stereocenters. The topological polar surface area (TPSA) is 55.4 Å². The van der Waals surface area contributed by atoms with Gasteiger partial charge < -0.3 is 10.1 Å². The average molecular weight is 297 g/mol. The zero-order valence-corrected chi connectivity index (χ0v) is 12.8. The molecule has 0 fully saturated rings. The van der Waals surface area contributed by atoms with Crippen molar-refractivity contribution in [2.24, 2.45) is 0 Å². The van der Waals surface area contributed by atoms with E-state index >= 15 is 0 Å². The zero-order valence-electron chi connectivity index (χ0n) is 12.8. The van der Waals surface area contributed by atoms with E-state index in [1.807, 2.05) is 24.3 Å². The van der Waals surface area contributed by atoms with E-state index in [4.69, 9.17) is 0 Å². The van der Waals surface area contributed by atoms with Gasteiger partial charge in [0.25, 0.3) is 0 Å². The Labute approximate surface area is 130 Å². The SMILES string of the molecule is CCc1ccc(CC(=O)Nc2ccc(C(=O)OC)cc2)cc1. The van der Waals surface area contributed by atoms with Gasteiger partial charge in [0.2, 0.25) is 5.91 Å². The molecule has 0 aliphatic carbocycles. The second-order valence-corrected chi connectivity index (χ2v) is 4.96. The zero-order chi connectivity index (χ0) is 15.9. The molecule has 0 aliphatic heterocycles. The van der Waals surface area contributed by atoms with Gasteiger partial charge in [-0.2, -0.15) is 0 Å². The lowest BCUT2D eigenvalue weighted by atomic mass is 10.1. The highest BCUT2D eigenvalue weighted by atomic mass is 16.5. The Morgan fingerprint density at radius 1 is 0.955 bits per heavy atom. The number of benzene rings is 2. The third-order valence-corrected chi connectivity index (χ3v) is 3.39. The van der Waals surface area contributed by atoms with Crippen molar-refractivity contribution in [2.75, 3.05) is 12.4 Å². The third-order valence-electron chi connectivity index (χ3n) is 3.39. The minimum atomic E-state index is -0.395. The molecule has 2 aromatic carbocycles. The lowest BCUT2D eigenvalue weighted by molar-refractivity contribution is -0.115. The molecule has 1 amide bonds. The molecule has 0 aliphatic rings. The molecule has 1 N–H and O–H groups in total. The number of amides is 1. The van der Waals surface area contributed by atoms with Crippen LogP contribution in [-0.4, -0.2) is 19.0 Å². The fraction of sp³-hybridized carbons (Fsp3) is 0.222. The van der Waals surface area contributed by atoms with Crippen LogP contribution in [0.25, 0.3) is 0 Å².